The first-order valence-electron chi connectivity index (χ1n) is 20.1. The van der Waals surface area contributed by atoms with Gasteiger partial charge in [0.15, 0.2) is 0 Å². The van der Waals surface area contributed by atoms with Gasteiger partial charge in [0, 0.05) is 24.2 Å². The van der Waals surface area contributed by atoms with Gasteiger partial charge in [-0.3, -0.25) is 0 Å². The molecule has 6 heteroatoms. The van der Waals surface area contributed by atoms with Crippen molar-refractivity contribution in [3.8, 4) is 55.6 Å². The fourth-order valence-corrected chi connectivity index (χ4v) is 9.85. The second-order valence-corrected chi connectivity index (χ2v) is 19.1. The van der Waals surface area contributed by atoms with Crippen molar-refractivity contribution in [2.24, 2.45) is 0 Å². The van der Waals surface area contributed by atoms with E-state index >= 15 is 0 Å². The van der Waals surface area contributed by atoms with Crippen LogP contribution in [0.1, 0.15) is 57.4 Å². The molecular formula is C55H48BBr3O2. The molecule has 0 saturated carbocycles. The van der Waals surface area contributed by atoms with Gasteiger partial charge in [0.1, 0.15) is 0 Å². The van der Waals surface area contributed by atoms with Crippen LogP contribution in [0.5, 0.6) is 0 Å². The van der Waals surface area contributed by atoms with Gasteiger partial charge in [-0.2, -0.15) is 0 Å². The molecule has 2 aliphatic carbocycles. The van der Waals surface area contributed by atoms with E-state index in [1.807, 2.05) is 42.5 Å². The van der Waals surface area contributed by atoms with E-state index < -0.39 is 7.12 Å². The molecule has 0 heterocycles. The van der Waals surface area contributed by atoms with Gasteiger partial charge in [-0.05, 0) is 126 Å². The van der Waals surface area contributed by atoms with Gasteiger partial charge in [-0.15, -0.1) is 0 Å². The first-order chi connectivity index (χ1) is 28.8. The van der Waals surface area contributed by atoms with Crippen LogP contribution in [0.15, 0.2) is 195 Å². The first kappa shape index (κ1) is 44.2. The highest BCUT2D eigenvalue weighted by Gasteiger charge is 2.37. The zero-order chi connectivity index (χ0) is 42.2. The molecule has 0 aliphatic heterocycles. The van der Waals surface area contributed by atoms with Gasteiger partial charge >= 0.3 is 7.12 Å². The number of rotatable bonds is 4. The maximum Gasteiger partial charge on any atom is 0.489 e. The third kappa shape index (κ3) is 8.80. The van der Waals surface area contributed by atoms with E-state index in [0.29, 0.717) is 5.46 Å². The minimum Gasteiger partial charge on any atom is -0.423 e. The lowest BCUT2D eigenvalue weighted by atomic mass is 9.75. The molecule has 0 aromatic heterocycles. The Hall–Kier alpha value is -4.82. The third-order valence-corrected chi connectivity index (χ3v) is 13.4. The highest BCUT2D eigenvalue weighted by molar-refractivity contribution is 9.11. The summed E-state index contributed by atoms with van der Waals surface area (Å²) in [5.74, 6) is 0. The highest BCUT2D eigenvalue weighted by atomic mass is 79.9. The average Bonchev–Trinajstić information content (AvgIpc) is 3.62. The third-order valence-electron chi connectivity index (χ3n) is 11.9. The monoisotopic (exact) mass is 988 g/mol. The summed E-state index contributed by atoms with van der Waals surface area (Å²) in [6.07, 6.45) is 0. The minimum absolute atomic E-state index is 0. The zero-order valence-electron chi connectivity index (χ0n) is 33.9. The lowest BCUT2D eigenvalue weighted by molar-refractivity contribution is 0.426. The fraction of sp³-hybridized carbons (Fsp3) is 0.127. The molecule has 61 heavy (non-hydrogen) atoms. The Bertz CT molecular complexity index is 2780. The first-order valence-corrected chi connectivity index (χ1v) is 22.4. The van der Waals surface area contributed by atoms with Gasteiger partial charge in [0.05, 0.1) is 0 Å². The van der Waals surface area contributed by atoms with E-state index in [1.165, 1.54) is 66.8 Å². The fourth-order valence-electron chi connectivity index (χ4n) is 8.77. The van der Waals surface area contributed by atoms with Crippen LogP contribution >= 0.6 is 47.8 Å². The van der Waals surface area contributed by atoms with Crippen molar-refractivity contribution in [3.05, 3.63) is 218 Å². The number of hydrogen-bond acceptors (Lipinski definition) is 2. The molecular weight excluding hydrogens is 943 g/mol. The number of halogens is 3. The summed E-state index contributed by atoms with van der Waals surface area (Å²) in [5.41, 5.74) is 18.6. The summed E-state index contributed by atoms with van der Waals surface area (Å²) in [4.78, 5) is 0. The predicted octanol–water partition coefficient (Wildman–Crippen LogP) is 15.3. The van der Waals surface area contributed by atoms with Crippen LogP contribution in [0.4, 0.5) is 0 Å². The molecule has 8 aromatic carbocycles. The van der Waals surface area contributed by atoms with Crippen LogP contribution in [0.25, 0.3) is 55.6 Å². The summed E-state index contributed by atoms with van der Waals surface area (Å²) in [5, 5.41) is 18.4. The Labute approximate surface area is 386 Å². The van der Waals surface area contributed by atoms with E-state index in [1.54, 1.807) is 12.1 Å². The Morgan fingerprint density at radius 3 is 1.10 bits per heavy atom. The van der Waals surface area contributed by atoms with E-state index in [2.05, 4.69) is 203 Å². The van der Waals surface area contributed by atoms with Crippen LogP contribution in [-0.2, 0) is 10.8 Å². The second-order valence-electron chi connectivity index (χ2n) is 16.3. The Balaban J connectivity index is 0.000000147. The van der Waals surface area contributed by atoms with E-state index in [9.17, 15) is 10.0 Å². The van der Waals surface area contributed by atoms with Crippen molar-refractivity contribution in [1.29, 1.82) is 0 Å². The number of benzene rings is 8. The average molecular weight is 992 g/mol. The van der Waals surface area contributed by atoms with Crippen molar-refractivity contribution >= 4 is 60.4 Å². The summed E-state index contributed by atoms with van der Waals surface area (Å²) in [7, 11) is -1.43. The van der Waals surface area contributed by atoms with Crippen LogP contribution < -0.4 is 5.46 Å². The quantitative estimate of drug-likeness (QED) is 0.173. The highest BCUT2D eigenvalue weighted by Crippen LogP contribution is 2.51. The van der Waals surface area contributed by atoms with E-state index in [-0.39, 0.29) is 18.3 Å². The Morgan fingerprint density at radius 1 is 0.344 bits per heavy atom. The summed E-state index contributed by atoms with van der Waals surface area (Å²) in [6.45, 7) is 9.24. The Morgan fingerprint density at radius 2 is 0.672 bits per heavy atom. The van der Waals surface area contributed by atoms with Crippen molar-refractivity contribution in [2.75, 3.05) is 0 Å². The van der Waals surface area contributed by atoms with Crippen LogP contribution in [-0.4, -0.2) is 17.2 Å². The lowest BCUT2D eigenvalue weighted by Crippen LogP contribution is -2.31. The molecule has 0 saturated heterocycles. The van der Waals surface area contributed by atoms with Gasteiger partial charge in [0.25, 0.3) is 0 Å². The van der Waals surface area contributed by atoms with Crippen LogP contribution in [0.2, 0.25) is 0 Å². The van der Waals surface area contributed by atoms with Gasteiger partial charge in [-0.1, -0.05) is 222 Å². The predicted molar refractivity (Wildman–Crippen MR) is 270 cm³/mol. The molecule has 2 N–H and O–H groups in total. The molecule has 2 nitrogen and oxygen atoms in total. The molecule has 10 rings (SSSR count). The molecule has 304 valence electrons. The zero-order valence-corrected chi connectivity index (χ0v) is 38.7. The van der Waals surface area contributed by atoms with Gasteiger partial charge in [0.2, 0.25) is 0 Å². The summed E-state index contributed by atoms with van der Waals surface area (Å²) >= 11 is 10.8. The van der Waals surface area contributed by atoms with Crippen molar-refractivity contribution in [2.45, 2.75) is 46.0 Å². The molecule has 0 fully saturated rings. The normalized spacial score (nSPS) is 13.1. The molecule has 2 aliphatic rings. The largest absolute Gasteiger partial charge is 0.489 e. The lowest BCUT2D eigenvalue weighted by Gasteiger charge is -2.22. The molecule has 0 unspecified atom stereocenters. The van der Waals surface area contributed by atoms with Gasteiger partial charge in [-0.25, -0.2) is 0 Å². The van der Waals surface area contributed by atoms with Crippen LogP contribution in [0.3, 0.4) is 0 Å². The molecule has 0 radical (unpaired) electrons. The number of fused-ring (bicyclic) bond motifs is 6. The smallest absolute Gasteiger partial charge is 0.423 e. The van der Waals surface area contributed by atoms with E-state index in [4.69, 9.17) is 0 Å². The summed E-state index contributed by atoms with van der Waals surface area (Å²) in [6, 6.07) is 63.0. The SMILES string of the molecule is C.CC1(C)c2cc(Br)ccc2-c2ccc(-c3ccccc3-c3ccccc3)cc21.CC1(C)c2cc(Br)ccc2-c2ccc(Br)cc21.OB(O)c1ccccc1-c1ccccc1. The van der Waals surface area contributed by atoms with Crippen molar-refractivity contribution in [1.82, 2.24) is 0 Å². The standard InChI is InChI=1S/C27H21Br.C15H12Br2.C12H11BO2.CH4/c1-27(2)25-16-19(12-14-23(25)24-15-13-20(28)17-26(24)27)22-11-7-6-10-21(22)18-8-4-3-5-9-18;1-15(2)13-7-9(16)3-5-11(13)12-6-4-10(17)8-14(12)15;14-13(15)12-9-5-4-8-11(12)10-6-2-1-3-7-10;/h3-17H,1-2H3;3-8H,1-2H3;1-9,14-15H;1H4. The van der Waals surface area contributed by atoms with E-state index in [0.717, 1.165) is 24.5 Å². The van der Waals surface area contributed by atoms with Crippen LogP contribution in [0, 0.1) is 0 Å². The molecule has 0 spiro atoms. The molecule has 0 amide bonds. The molecule has 0 bridgehead atoms. The maximum atomic E-state index is 9.22. The topological polar surface area (TPSA) is 40.5 Å². The Kier molecular flexibility index (Phi) is 13.2. The van der Waals surface area contributed by atoms with Crippen molar-refractivity contribution < 1.29 is 10.0 Å². The number of hydrogen-bond donors (Lipinski definition) is 2. The minimum atomic E-state index is -1.43. The molecule has 8 aromatic rings. The van der Waals surface area contributed by atoms with Crippen molar-refractivity contribution in [3.63, 3.8) is 0 Å². The summed E-state index contributed by atoms with van der Waals surface area (Å²) < 4.78 is 3.44. The van der Waals surface area contributed by atoms with Gasteiger partial charge < -0.3 is 10.0 Å². The molecule has 0 atom stereocenters. The second kappa shape index (κ2) is 18.3. The maximum absolute atomic E-state index is 9.22.